The lowest BCUT2D eigenvalue weighted by Crippen LogP contribution is -2.38. The zero-order valence-electron chi connectivity index (χ0n) is 15.2. The van der Waals surface area contributed by atoms with Gasteiger partial charge in [0.05, 0.1) is 6.04 Å². The minimum Gasteiger partial charge on any atom is -0.361 e. The maximum absolute atomic E-state index is 13.8. The fourth-order valence-electron chi connectivity index (χ4n) is 3.76. The third-order valence-corrected chi connectivity index (χ3v) is 6.80. The number of aromatic nitrogens is 2. The Labute approximate surface area is 169 Å². The van der Waals surface area contributed by atoms with E-state index in [9.17, 15) is 18.0 Å². The van der Waals surface area contributed by atoms with Crippen molar-refractivity contribution in [2.45, 2.75) is 44.4 Å². The summed E-state index contributed by atoms with van der Waals surface area (Å²) in [7, 11) is 0. The first kappa shape index (κ1) is 19.6. The summed E-state index contributed by atoms with van der Waals surface area (Å²) in [5, 5.41) is 8.86. The number of alkyl halides is 3. The molecule has 0 saturated carbocycles. The van der Waals surface area contributed by atoms with Gasteiger partial charge in [-0.05, 0) is 30.2 Å². The first-order chi connectivity index (χ1) is 13.3. The summed E-state index contributed by atoms with van der Waals surface area (Å²) in [6, 6.07) is 1.21. The third kappa shape index (κ3) is 3.50. The maximum Gasteiger partial charge on any atom is 0.410 e. The Morgan fingerprint density at radius 1 is 1.36 bits per heavy atom. The monoisotopic (exact) mass is 432 g/mol. The highest BCUT2D eigenvalue weighted by Gasteiger charge is 2.48. The first-order valence-corrected chi connectivity index (χ1v) is 10.5. The van der Waals surface area contributed by atoms with Gasteiger partial charge < -0.3 is 10.2 Å². The van der Waals surface area contributed by atoms with Crippen LogP contribution in [0.1, 0.15) is 53.6 Å². The Bertz CT molecular complexity index is 859. The number of piperidine rings is 1. The van der Waals surface area contributed by atoms with E-state index >= 15 is 0 Å². The number of hydrogen-bond donors (Lipinski definition) is 1. The van der Waals surface area contributed by atoms with E-state index in [0.717, 1.165) is 22.4 Å². The van der Waals surface area contributed by atoms with Crippen molar-refractivity contribution in [2.24, 2.45) is 5.92 Å². The van der Waals surface area contributed by atoms with Gasteiger partial charge in [0.25, 0.3) is 5.91 Å². The molecule has 0 unspecified atom stereocenters. The van der Waals surface area contributed by atoms with Crippen molar-refractivity contribution in [3.05, 3.63) is 33.1 Å². The summed E-state index contributed by atoms with van der Waals surface area (Å²) in [6.45, 7) is 3.24. The molecule has 2 aromatic rings. The Kier molecular flexibility index (Phi) is 5.07. The van der Waals surface area contributed by atoms with Crippen LogP contribution in [0.5, 0.6) is 0 Å². The fourth-order valence-corrected chi connectivity index (χ4v) is 4.81. The second-order valence-corrected chi connectivity index (χ2v) is 8.79. The topological polar surface area (TPSA) is 50.2 Å². The highest BCUT2D eigenvalue weighted by atomic mass is 35.5. The highest BCUT2D eigenvalue weighted by Crippen LogP contribution is 2.47. The second-order valence-electron chi connectivity index (χ2n) is 7.44. The van der Waals surface area contributed by atoms with Crippen LogP contribution in [0.3, 0.4) is 0 Å². The van der Waals surface area contributed by atoms with Crippen molar-refractivity contribution in [2.75, 3.05) is 18.4 Å². The number of amides is 1. The predicted octanol–water partition coefficient (Wildman–Crippen LogP) is 5.13. The molecule has 152 valence electrons. The SMILES string of the molecule is CC1CCN(C(=O)c2nn3c(c2Cl)N[C@H](c2cccs2)C[C@@H]3C(F)(F)F)CC1. The number of nitrogens with one attached hydrogen (secondary N) is 1. The van der Waals surface area contributed by atoms with E-state index in [1.165, 1.54) is 11.3 Å². The molecule has 1 saturated heterocycles. The number of hydrogen-bond acceptors (Lipinski definition) is 4. The predicted molar refractivity (Wildman–Crippen MR) is 102 cm³/mol. The number of anilines is 1. The van der Waals surface area contributed by atoms with E-state index in [1.807, 2.05) is 5.38 Å². The summed E-state index contributed by atoms with van der Waals surface area (Å²) in [5.74, 6) is 0.175. The molecule has 0 aliphatic carbocycles. The minimum absolute atomic E-state index is 0.0425. The molecule has 2 aromatic heterocycles. The summed E-state index contributed by atoms with van der Waals surface area (Å²) < 4.78 is 42.1. The van der Waals surface area contributed by atoms with E-state index in [2.05, 4.69) is 17.3 Å². The second kappa shape index (κ2) is 7.26. The summed E-state index contributed by atoms with van der Waals surface area (Å²) in [4.78, 5) is 15.3. The lowest BCUT2D eigenvalue weighted by molar-refractivity contribution is -0.173. The van der Waals surface area contributed by atoms with Crippen molar-refractivity contribution in [1.82, 2.24) is 14.7 Å². The lowest BCUT2D eigenvalue weighted by atomic mass is 9.99. The molecule has 1 amide bonds. The molecule has 1 fully saturated rings. The molecular weight excluding hydrogens is 413 g/mol. The molecule has 2 atom stereocenters. The van der Waals surface area contributed by atoms with Gasteiger partial charge >= 0.3 is 6.18 Å². The van der Waals surface area contributed by atoms with Crippen LogP contribution in [-0.2, 0) is 0 Å². The largest absolute Gasteiger partial charge is 0.410 e. The number of fused-ring (bicyclic) bond motifs is 1. The van der Waals surface area contributed by atoms with Crippen LogP contribution in [-0.4, -0.2) is 39.9 Å². The molecule has 2 aliphatic heterocycles. The van der Waals surface area contributed by atoms with Crippen molar-refractivity contribution >= 4 is 34.7 Å². The third-order valence-electron chi connectivity index (χ3n) is 5.46. The lowest BCUT2D eigenvalue weighted by Gasteiger charge is -2.32. The summed E-state index contributed by atoms with van der Waals surface area (Å²) in [6.07, 6.45) is -2.98. The number of nitrogens with zero attached hydrogens (tertiary/aromatic N) is 3. The van der Waals surface area contributed by atoms with Crippen LogP contribution in [0.15, 0.2) is 17.5 Å². The van der Waals surface area contributed by atoms with Crippen LogP contribution < -0.4 is 5.32 Å². The summed E-state index contributed by atoms with van der Waals surface area (Å²) in [5.41, 5.74) is -0.111. The van der Waals surface area contributed by atoms with Crippen LogP contribution in [0.2, 0.25) is 5.02 Å². The number of likely N-dealkylation sites (tertiary alicyclic amines) is 1. The number of carbonyl (C=O) groups is 1. The van der Waals surface area contributed by atoms with E-state index in [1.54, 1.807) is 17.0 Å². The Balaban J connectivity index is 1.69. The quantitative estimate of drug-likeness (QED) is 0.715. The Hall–Kier alpha value is -1.74. The number of halogens is 4. The molecule has 0 radical (unpaired) electrons. The van der Waals surface area contributed by atoms with Gasteiger partial charge in [-0.1, -0.05) is 24.6 Å². The van der Waals surface area contributed by atoms with E-state index in [-0.39, 0.29) is 23.0 Å². The summed E-state index contributed by atoms with van der Waals surface area (Å²) >= 11 is 7.75. The van der Waals surface area contributed by atoms with Gasteiger partial charge in [-0.2, -0.15) is 18.3 Å². The molecule has 0 spiro atoms. The molecule has 5 nitrogen and oxygen atoms in total. The van der Waals surface area contributed by atoms with Crippen LogP contribution in [0.25, 0.3) is 0 Å². The first-order valence-electron chi connectivity index (χ1n) is 9.19. The average molecular weight is 433 g/mol. The van der Waals surface area contributed by atoms with Gasteiger partial charge in [0, 0.05) is 24.4 Å². The normalized spacial score (nSPS) is 23.4. The molecule has 2 aliphatic rings. The zero-order chi connectivity index (χ0) is 20.1. The number of thiophene rings is 1. The molecule has 28 heavy (non-hydrogen) atoms. The standard InChI is InChI=1S/C18H20ClF3N4OS/c1-10-4-6-25(7-5-10)17(27)15-14(19)16-23-11(12-3-2-8-28-12)9-13(18(20,21)22)26(16)24-15/h2-3,8,10-11,13,23H,4-7,9H2,1H3/t11-,13+/m0/s1. The smallest absolute Gasteiger partial charge is 0.361 e. The highest BCUT2D eigenvalue weighted by molar-refractivity contribution is 7.10. The van der Waals surface area contributed by atoms with Gasteiger partial charge in [-0.15, -0.1) is 11.3 Å². The van der Waals surface area contributed by atoms with Crippen LogP contribution in [0.4, 0.5) is 19.0 Å². The van der Waals surface area contributed by atoms with Crippen molar-refractivity contribution < 1.29 is 18.0 Å². The van der Waals surface area contributed by atoms with Crippen LogP contribution >= 0.6 is 22.9 Å². The van der Waals surface area contributed by atoms with Gasteiger partial charge in [0.1, 0.15) is 10.8 Å². The number of carbonyl (C=O) groups excluding carboxylic acids is 1. The van der Waals surface area contributed by atoms with Gasteiger partial charge in [0.2, 0.25) is 0 Å². The molecule has 1 N–H and O–H groups in total. The molecule has 10 heteroatoms. The average Bonchev–Trinajstić information content (AvgIpc) is 3.29. The Morgan fingerprint density at radius 3 is 2.68 bits per heavy atom. The zero-order valence-corrected chi connectivity index (χ0v) is 16.7. The van der Waals surface area contributed by atoms with Gasteiger partial charge in [-0.25, -0.2) is 4.68 Å². The number of rotatable bonds is 2. The fraction of sp³-hybridized carbons (Fsp3) is 0.556. The van der Waals surface area contributed by atoms with E-state index in [0.29, 0.717) is 19.0 Å². The van der Waals surface area contributed by atoms with Crippen molar-refractivity contribution in [1.29, 1.82) is 0 Å². The van der Waals surface area contributed by atoms with E-state index < -0.39 is 24.2 Å². The molecular formula is C18H20ClF3N4OS. The van der Waals surface area contributed by atoms with Gasteiger partial charge in [0.15, 0.2) is 11.7 Å². The van der Waals surface area contributed by atoms with E-state index in [4.69, 9.17) is 11.6 Å². The van der Waals surface area contributed by atoms with Gasteiger partial charge in [-0.3, -0.25) is 4.79 Å². The van der Waals surface area contributed by atoms with Crippen molar-refractivity contribution in [3.63, 3.8) is 0 Å². The maximum atomic E-state index is 13.8. The minimum atomic E-state index is -4.50. The van der Waals surface area contributed by atoms with Crippen molar-refractivity contribution in [3.8, 4) is 0 Å². The molecule has 4 heterocycles. The molecule has 4 rings (SSSR count). The molecule has 0 bridgehead atoms. The Morgan fingerprint density at radius 2 is 2.07 bits per heavy atom. The van der Waals surface area contributed by atoms with Crippen LogP contribution in [0, 0.1) is 5.92 Å². The molecule has 0 aromatic carbocycles.